The molecule has 0 amide bonds. The predicted octanol–water partition coefficient (Wildman–Crippen LogP) is 2.02. The molecule has 0 aromatic heterocycles. The lowest BCUT2D eigenvalue weighted by atomic mass is 10.2. The standard InChI is InChI=1S/C16H19NO2.C2H2O4/c1-17-11-12-18-15-7-9-16(10-8-15)19-13-14-5-3-2-4-6-14;3-1(4)2(5)6/h2-10,17H,11-13H2,1H3;(H,3,4)(H,5,6). The summed E-state index contributed by atoms with van der Waals surface area (Å²) in [6.45, 7) is 2.09. The quantitative estimate of drug-likeness (QED) is 0.520. The van der Waals surface area contributed by atoms with Crippen molar-refractivity contribution >= 4 is 11.9 Å². The topological polar surface area (TPSA) is 105 Å². The molecular formula is C18H21NO6. The highest BCUT2D eigenvalue weighted by atomic mass is 16.5. The molecule has 3 N–H and O–H groups in total. The Morgan fingerprint density at radius 1 is 0.880 bits per heavy atom. The summed E-state index contributed by atoms with van der Waals surface area (Å²) in [5, 5.41) is 17.8. The molecule has 2 rings (SSSR count). The average Bonchev–Trinajstić information content (AvgIpc) is 2.62. The SMILES string of the molecule is CNCCOc1ccc(OCc2ccccc2)cc1.O=C(O)C(=O)O. The summed E-state index contributed by atoms with van der Waals surface area (Å²) in [5.74, 6) is -1.93. The monoisotopic (exact) mass is 347 g/mol. The van der Waals surface area contributed by atoms with Crippen LogP contribution < -0.4 is 14.8 Å². The predicted molar refractivity (Wildman–Crippen MR) is 91.9 cm³/mol. The van der Waals surface area contributed by atoms with E-state index in [0.717, 1.165) is 23.6 Å². The van der Waals surface area contributed by atoms with Gasteiger partial charge in [0, 0.05) is 6.54 Å². The Labute approximate surface area is 145 Å². The number of nitrogens with one attached hydrogen (secondary N) is 1. The van der Waals surface area contributed by atoms with Gasteiger partial charge in [-0.25, -0.2) is 9.59 Å². The molecule has 0 aliphatic rings. The summed E-state index contributed by atoms with van der Waals surface area (Å²) in [7, 11) is 1.91. The summed E-state index contributed by atoms with van der Waals surface area (Å²) in [6, 6.07) is 17.8. The Kier molecular flexibility index (Phi) is 9.17. The summed E-state index contributed by atoms with van der Waals surface area (Å²) in [6.07, 6.45) is 0. The number of hydrogen-bond acceptors (Lipinski definition) is 5. The van der Waals surface area contributed by atoms with Gasteiger partial charge in [0.25, 0.3) is 0 Å². The lowest BCUT2D eigenvalue weighted by molar-refractivity contribution is -0.159. The van der Waals surface area contributed by atoms with E-state index in [1.807, 2.05) is 49.5 Å². The maximum atomic E-state index is 9.10. The second-order valence-corrected chi connectivity index (χ2v) is 4.81. The first-order chi connectivity index (χ1) is 12.0. The first-order valence-electron chi connectivity index (χ1n) is 7.53. The molecule has 0 bridgehead atoms. The van der Waals surface area contributed by atoms with Gasteiger partial charge in [0.2, 0.25) is 0 Å². The van der Waals surface area contributed by atoms with Crippen molar-refractivity contribution in [2.45, 2.75) is 6.61 Å². The fraction of sp³-hybridized carbons (Fsp3) is 0.222. The minimum atomic E-state index is -1.82. The van der Waals surface area contributed by atoms with Gasteiger partial charge in [-0.05, 0) is 36.9 Å². The highest BCUT2D eigenvalue weighted by Crippen LogP contribution is 2.18. The van der Waals surface area contributed by atoms with E-state index in [4.69, 9.17) is 29.3 Å². The van der Waals surface area contributed by atoms with Crippen molar-refractivity contribution in [3.63, 3.8) is 0 Å². The third-order valence-corrected chi connectivity index (χ3v) is 2.88. The summed E-state index contributed by atoms with van der Waals surface area (Å²) in [4.78, 5) is 18.2. The van der Waals surface area contributed by atoms with E-state index in [9.17, 15) is 0 Å². The smallest absolute Gasteiger partial charge is 0.414 e. The highest BCUT2D eigenvalue weighted by Gasteiger charge is 2.04. The van der Waals surface area contributed by atoms with Crippen LogP contribution in [0.4, 0.5) is 0 Å². The van der Waals surface area contributed by atoms with Crippen LogP contribution in [0.3, 0.4) is 0 Å². The van der Waals surface area contributed by atoms with Gasteiger partial charge in [0.05, 0.1) is 0 Å². The Morgan fingerprint density at radius 2 is 1.40 bits per heavy atom. The third kappa shape index (κ3) is 8.97. The van der Waals surface area contributed by atoms with Crippen LogP contribution in [0.1, 0.15) is 5.56 Å². The normalized spacial score (nSPS) is 9.48. The molecule has 0 fully saturated rings. The van der Waals surface area contributed by atoms with Gasteiger partial charge in [-0.15, -0.1) is 0 Å². The van der Waals surface area contributed by atoms with Crippen LogP contribution in [0.15, 0.2) is 54.6 Å². The summed E-state index contributed by atoms with van der Waals surface area (Å²) < 4.78 is 11.3. The van der Waals surface area contributed by atoms with E-state index < -0.39 is 11.9 Å². The Balaban J connectivity index is 0.000000450. The molecule has 0 radical (unpaired) electrons. The number of hydrogen-bond donors (Lipinski definition) is 3. The van der Waals surface area contributed by atoms with Crippen LogP contribution >= 0.6 is 0 Å². The maximum Gasteiger partial charge on any atom is 0.414 e. The Morgan fingerprint density at radius 3 is 1.88 bits per heavy atom. The molecule has 7 heteroatoms. The molecule has 0 atom stereocenters. The van der Waals surface area contributed by atoms with Gasteiger partial charge in [-0.3, -0.25) is 0 Å². The minimum absolute atomic E-state index is 0.584. The fourth-order valence-corrected chi connectivity index (χ4v) is 1.64. The first-order valence-corrected chi connectivity index (χ1v) is 7.53. The van der Waals surface area contributed by atoms with Gasteiger partial charge in [-0.2, -0.15) is 0 Å². The maximum absolute atomic E-state index is 9.10. The lowest BCUT2D eigenvalue weighted by Gasteiger charge is -2.08. The second kappa shape index (κ2) is 11.5. The summed E-state index contributed by atoms with van der Waals surface area (Å²) in [5.41, 5.74) is 1.16. The number of carbonyl (C=O) groups is 2. The second-order valence-electron chi connectivity index (χ2n) is 4.81. The third-order valence-electron chi connectivity index (χ3n) is 2.88. The van der Waals surface area contributed by atoms with E-state index >= 15 is 0 Å². The minimum Gasteiger partial charge on any atom is -0.492 e. The van der Waals surface area contributed by atoms with Crippen LogP contribution in [0.25, 0.3) is 0 Å². The molecule has 0 aliphatic carbocycles. The van der Waals surface area contributed by atoms with Gasteiger partial charge in [-0.1, -0.05) is 30.3 Å². The van der Waals surface area contributed by atoms with Crippen molar-refractivity contribution in [3.05, 3.63) is 60.2 Å². The zero-order valence-corrected chi connectivity index (χ0v) is 13.8. The highest BCUT2D eigenvalue weighted by molar-refractivity contribution is 6.27. The Bertz CT molecular complexity index is 630. The zero-order valence-electron chi connectivity index (χ0n) is 13.8. The van der Waals surface area contributed by atoms with Crippen LogP contribution in [0.5, 0.6) is 11.5 Å². The first kappa shape index (κ1) is 20.0. The molecule has 0 spiro atoms. The van der Waals surface area contributed by atoms with E-state index in [2.05, 4.69) is 17.4 Å². The van der Waals surface area contributed by atoms with E-state index in [0.29, 0.717) is 13.2 Å². The van der Waals surface area contributed by atoms with Gasteiger partial charge in [0.1, 0.15) is 24.7 Å². The lowest BCUT2D eigenvalue weighted by Crippen LogP contribution is -2.15. The van der Waals surface area contributed by atoms with E-state index in [1.54, 1.807) is 0 Å². The molecular weight excluding hydrogens is 326 g/mol. The van der Waals surface area contributed by atoms with Crippen molar-refractivity contribution in [1.29, 1.82) is 0 Å². The van der Waals surface area contributed by atoms with Crippen molar-refractivity contribution in [2.75, 3.05) is 20.2 Å². The number of likely N-dealkylation sites (N-methyl/N-ethyl adjacent to an activating group) is 1. The fourth-order valence-electron chi connectivity index (χ4n) is 1.64. The Hall–Kier alpha value is -3.06. The van der Waals surface area contributed by atoms with Gasteiger partial charge in [0.15, 0.2) is 0 Å². The number of carboxylic acid groups (broad SMARTS) is 2. The van der Waals surface area contributed by atoms with Gasteiger partial charge < -0.3 is 25.0 Å². The largest absolute Gasteiger partial charge is 0.492 e. The van der Waals surface area contributed by atoms with Crippen LogP contribution in [0.2, 0.25) is 0 Å². The van der Waals surface area contributed by atoms with Crippen LogP contribution in [-0.4, -0.2) is 42.4 Å². The van der Waals surface area contributed by atoms with Crippen molar-refractivity contribution in [2.24, 2.45) is 0 Å². The molecule has 2 aromatic rings. The number of aliphatic carboxylic acids is 2. The van der Waals surface area contributed by atoms with Crippen LogP contribution in [0, 0.1) is 0 Å². The average molecular weight is 347 g/mol. The molecule has 0 unspecified atom stereocenters. The molecule has 25 heavy (non-hydrogen) atoms. The van der Waals surface area contributed by atoms with Gasteiger partial charge >= 0.3 is 11.9 Å². The molecule has 0 saturated heterocycles. The molecule has 2 aromatic carbocycles. The molecule has 0 saturated carbocycles. The van der Waals surface area contributed by atoms with Crippen molar-refractivity contribution in [1.82, 2.24) is 5.32 Å². The van der Waals surface area contributed by atoms with E-state index in [1.165, 1.54) is 0 Å². The van der Waals surface area contributed by atoms with Crippen molar-refractivity contribution < 1.29 is 29.3 Å². The number of carboxylic acids is 2. The molecule has 0 heterocycles. The summed E-state index contributed by atoms with van der Waals surface area (Å²) >= 11 is 0. The van der Waals surface area contributed by atoms with Crippen LogP contribution in [-0.2, 0) is 16.2 Å². The number of benzene rings is 2. The molecule has 0 aliphatic heterocycles. The van der Waals surface area contributed by atoms with E-state index in [-0.39, 0.29) is 0 Å². The zero-order chi connectivity index (χ0) is 18.5. The number of ether oxygens (including phenoxy) is 2. The number of rotatable bonds is 7. The molecule has 134 valence electrons. The van der Waals surface area contributed by atoms with Crippen molar-refractivity contribution in [3.8, 4) is 11.5 Å². The molecule has 7 nitrogen and oxygen atoms in total.